The summed E-state index contributed by atoms with van der Waals surface area (Å²) >= 11 is 0. The molecule has 0 unspecified atom stereocenters. The SMILES string of the molecule is CC(C)CCc1ccc(C=O)c(N)c1. The van der Waals surface area contributed by atoms with Gasteiger partial charge in [0.1, 0.15) is 0 Å². The topological polar surface area (TPSA) is 43.1 Å². The molecular formula is C12H17NO. The lowest BCUT2D eigenvalue weighted by atomic mass is 10.0. The monoisotopic (exact) mass is 191 g/mol. The third kappa shape index (κ3) is 2.87. The van der Waals surface area contributed by atoms with Crippen LogP contribution in [0.1, 0.15) is 36.2 Å². The molecule has 0 spiro atoms. The molecule has 76 valence electrons. The van der Waals surface area contributed by atoms with Crippen molar-refractivity contribution < 1.29 is 4.79 Å². The second-order valence-corrected chi connectivity index (χ2v) is 4.01. The first-order chi connectivity index (χ1) is 6.63. The Labute approximate surface area is 85.1 Å². The standard InChI is InChI=1S/C12H17NO/c1-9(2)3-4-10-5-6-11(8-14)12(13)7-10/h5-9H,3-4,13H2,1-2H3. The summed E-state index contributed by atoms with van der Waals surface area (Å²) in [6.07, 6.45) is 2.97. The predicted molar refractivity (Wildman–Crippen MR) is 59.4 cm³/mol. The van der Waals surface area contributed by atoms with Gasteiger partial charge in [0.25, 0.3) is 0 Å². The van der Waals surface area contributed by atoms with E-state index in [0.29, 0.717) is 17.2 Å². The Hall–Kier alpha value is -1.31. The molecule has 0 aliphatic carbocycles. The Morgan fingerprint density at radius 1 is 1.43 bits per heavy atom. The van der Waals surface area contributed by atoms with E-state index in [9.17, 15) is 4.79 Å². The molecular weight excluding hydrogens is 174 g/mol. The molecule has 1 aromatic carbocycles. The fourth-order valence-corrected chi connectivity index (χ4v) is 1.34. The highest BCUT2D eigenvalue weighted by Gasteiger charge is 2.01. The van der Waals surface area contributed by atoms with Crippen LogP contribution >= 0.6 is 0 Å². The first-order valence-electron chi connectivity index (χ1n) is 4.97. The van der Waals surface area contributed by atoms with E-state index in [1.807, 2.05) is 12.1 Å². The number of anilines is 1. The maximum Gasteiger partial charge on any atom is 0.152 e. The smallest absolute Gasteiger partial charge is 0.152 e. The number of benzene rings is 1. The summed E-state index contributed by atoms with van der Waals surface area (Å²) in [7, 11) is 0. The van der Waals surface area contributed by atoms with E-state index in [1.165, 1.54) is 5.56 Å². The Morgan fingerprint density at radius 3 is 2.64 bits per heavy atom. The molecule has 1 rings (SSSR count). The average Bonchev–Trinajstić information content (AvgIpc) is 2.15. The van der Waals surface area contributed by atoms with Crippen LogP contribution in [0.4, 0.5) is 5.69 Å². The molecule has 14 heavy (non-hydrogen) atoms. The fraction of sp³-hybridized carbons (Fsp3) is 0.417. The Kier molecular flexibility index (Phi) is 3.69. The van der Waals surface area contributed by atoms with E-state index in [-0.39, 0.29) is 0 Å². The van der Waals surface area contributed by atoms with Gasteiger partial charge in [-0.2, -0.15) is 0 Å². The zero-order valence-electron chi connectivity index (χ0n) is 8.79. The van der Waals surface area contributed by atoms with Crippen LogP contribution in [0.2, 0.25) is 0 Å². The third-order valence-corrected chi connectivity index (χ3v) is 2.29. The molecule has 0 bridgehead atoms. The molecule has 0 aliphatic heterocycles. The van der Waals surface area contributed by atoms with Gasteiger partial charge in [0.2, 0.25) is 0 Å². The van der Waals surface area contributed by atoms with Crippen LogP contribution in [0.15, 0.2) is 18.2 Å². The van der Waals surface area contributed by atoms with Gasteiger partial charge in [0.05, 0.1) is 0 Å². The van der Waals surface area contributed by atoms with Gasteiger partial charge in [-0.3, -0.25) is 4.79 Å². The molecule has 2 heteroatoms. The fourth-order valence-electron chi connectivity index (χ4n) is 1.34. The minimum atomic E-state index is 0.582. The minimum Gasteiger partial charge on any atom is -0.398 e. The van der Waals surface area contributed by atoms with Gasteiger partial charge in [0, 0.05) is 11.3 Å². The summed E-state index contributed by atoms with van der Waals surface area (Å²) in [6.45, 7) is 4.40. The highest BCUT2D eigenvalue weighted by atomic mass is 16.1. The van der Waals surface area contributed by atoms with Crippen LogP contribution in [0, 0.1) is 5.92 Å². The van der Waals surface area contributed by atoms with Crippen molar-refractivity contribution in [2.24, 2.45) is 5.92 Å². The molecule has 0 atom stereocenters. The van der Waals surface area contributed by atoms with E-state index in [1.54, 1.807) is 6.07 Å². The van der Waals surface area contributed by atoms with Crippen molar-refractivity contribution in [3.63, 3.8) is 0 Å². The molecule has 0 aliphatic rings. The second kappa shape index (κ2) is 4.80. The number of rotatable bonds is 4. The molecule has 2 nitrogen and oxygen atoms in total. The van der Waals surface area contributed by atoms with E-state index in [2.05, 4.69) is 13.8 Å². The van der Waals surface area contributed by atoms with Crippen LogP contribution in [-0.2, 0) is 6.42 Å². The second-order valence-electron chi connectivity index (χ2n) is 4.01. The van der Waals surface area contributed by atoms with Crippen molar-refractivity contribution in [3.8, 4) is 0 Å². The Bertz CT molecular complexity index is 318. The summed E-state index contributed by atoms with van der Waals surface area (Å²) in [5.41, 5.74) is 8.08. The number of nitrogen functional groups attached to an aromatic ring is 1. The van der Waals surface area contributed by atoms with Gasteiger partial charge in [-0.1, -0.05) is 19.9 Å². The molecule has 1 aromatic rings. The van der Waals surface area contributed by atoms with E-state index in [4.69, 9.17) is 5.73 Å². The first-order valence-corrected chi connectivity index (χ1v) is 4.97. The molecule has 0 fully saturated rings. The third-order valence-electron chi connectivity index (χ3n) is 2.29. The van der Waals surface area contributed by atoms with Gasteiger partial charge in [0.15, 0.2) is 6.29 Å². The zero-order valence-corrected chi connectivity index (χ0v) is 8.79. The van der Waals surface area contributed by atoms with E-state index < -0.39 is 0 Å². The lowest BCUT2D eigenvalue weighted by molar-refractivity contribution is 0.112. The zero-order chi connectivity index (χ0) is 10.6. The normalized spacial score (nSPS) is 10.5. The lowest BCUT2D eigenvalue weighted by Crippen LogP contribution is -1.97. The molecule has 2 N–H and O–H groups in total. The average molecular weight is 191 g/mol. The van der Waals surface area contributed by atoms with Gasteiger partial charge >= 0.3 is 0 Å². The highest BCUT2D eigenvalue weighted by molar-refractivity contribution is 5.83. The van der Waals surface area contributed by atoms with Crippen LogP contribution < -0.4 is 5.73 Å². The van der Waals surface area contributed by atoms with Crippen molar-refractivity contribution in [2.75, 3.05) is 5.73 Å². The van der Waals surface area contributed by atoms with Crippen LogP contribution in [-0.4, -0.2) is 6.29 Å². The maximum absolute atomic E-state index is 10.5. The summed E-state index contributed by atoms with van der Waals surface area (Å²) < 4.78 is 0. The molecule has 0 radical (unpaired) electrons. The molecule has 0 saturated heterocycles. The Balaban J connectivity index is 2.71. The summed E-state index contributed by atoms with van der Waals surface area (Å²) in [6, 6.07) is 5.66. The lowest BCUT2D eigenvalue weighted by Gasteiger charge is -2.06. The van der Waals surface area contributed by atoms with Gasteiger partial charge in [-0.25, -0.2) is 0 Å². The van der Waals surface area contributed by atoms with Crippen LogP contribution in [0.3, 0.4) is 0 Å². The van der Waals surface area contributed by atoms with Crippen molar-refractivity contribution in [3.05, 3.63) is 29.3 Å². The Morgan fingerprint density at radius 2 is 2.14 bits per heavy atom. The number of aldehydes is 1. The number of nitrogens with two attached hydrogens (primary N) is 1. The van der Waals surface area contributed by atoms with E-state index in [0.717, 1.165) is 19.1 Å². The molecule has 0 saturated carbocycles. The number of carbonyl (C=O) groups is 1. The van der Waals surface area contributed by atoms with Gasteiger partial charge < -0.3 is 5.73 Å². The van der Waals surface area contributed by atoms with Gasteiger partial charge in [-0.15, -0.1) is 0 Å². The van der Waals surface area contributed by atoms with Crippen molar-refractivity contribution in [2.45, 2.75) is 26.7 Å². The maximum atomic E-state index is 10.5. The van der Waals surface area contributed by atoms with Crippen molar-refractivity contribution in [1.82, 2.24) is 0 Å². The largest absolute Gasteiger partial charge is 0.398 e. The number of hydrogen-bond donors (Lipinski definition) is 1. The minimum absolute atomic E-state index is 0.582. The van der Waals surface area contributed by atoms with Crippen LogP contribution in [0.5, 0.6) is 0 Å². The van der Waals surface area contributed by atoms with Gasteiger partial charge in [-0.05, 0) is 36.5 Å². The number of hydrogen-bond acceptors (Lipinski definition) is 2. The molecule has 0 aromatic heterocycles. The number of carbonyl (C=O) groups excluding carboxylic acids is 1. The molecule has 0 heterocycles. The van der Waals surface area contributed by atoms with E-state index >= 15 is 0 Å². The first kappa shape index (κ1) is 10.8. The van der Waals surface area contributed by atoms with Crippen LogP contribution in [0.25, 0.3) is 0 Å². The van der Waals surface area contributed by atoms with Crippen molar-refractivity contribution >= 4 is 12.0 Å². The summed E-state index contributed by atoms with van der Waals surface area (Å²) in [5, 5.41) is 0. The molecule has 0 amide bonds. The number of aryl methyl sites for hydroxylation is 1. The predicted octanol–water partition coefficient (Wildman–Crippen LogP) is 2.67. The summed E-state index contributed by atoms with van der Waals surface area (Å²) in [5.74, 6) is 0.696. The summed E-state index contributed by atoms with van der Waals surface area (Å²) in [4.78, 5) is 10.5. The highest BCUT2D eigenvalue weighted by Crippen LogP contribution is 2.15. The van der Waals surface area contributed by atoms with Crippen molar-refractivity contribution in [1.29, 1.82) is 0 Å². The quantitative estimate of drug-likeness (QED) is 0.587.